The third kappa shape index (κ3) is 4.49. The Balaban J connectivity index is 1.90. The van der Waals surface area contributed by atoms with Crippen molar-refractivity contribution in [2.45, 2.75) is 31.9 Å². The summed E-state index contributed by atoms with van der Waals surface area (Å²) >= 11 is 1.21. The number of para-hydroxylation sites is 2. The van der Waals surface area contributed by atoms with E-state index < -0.39 is 0 Å². The van der Waals surface area contributed by atoms with Gasteiger partial charge in [0.15, 0.2) is 0 Å². The first-order chi connectivity index (χ1) is 10.6. The van der Waals surface area contributed by atoms with Crippen molar-refractivity contribution in [1.82, 2.24) is 10.2 Å². The number of anilines is 1. The van der Waals surface area contributed by atoms with Crippen LogP contribution in [-0.2, 0) is 4.79 Å². The number of rotatable bonds is 7. The quantitative estimate of drug-likeness (QED) is 0.788. The molecule has 1 aromatic heterocycles. The third-order valence-corrected chi connectivity index (χ3v) is 3.52. The van der Waals surface area contributed by atoms with Gasteiger partial charge < -0.3 is 14.5 Å². The number of thioether (sulfide) groups is 1. The van der Waals surface area contributed by atoms with Crippen molar-refractivity contribution in [3.05, 3.63) is 30.2 Å². The lowest BCUT2D eigenvalue weighted by atomic mass is 10.2. The Hall–Kier alpha value is -2.02. The summed E-state index contributed by atoms with van der Waals surface area (Å²) in [6, 6.07) is 7.33. The fourth-order valence-electron chi connectivity index (χ4n) is 1.68. The number of carbonyl (C=O) groups excluding carboxylic acids is 1. The molecule has 0 spiro atoms. The monoisotopic (exact) mass is 321 g/mol. The normalized spacial score (nSPS) is 10.7. The minimum atomic E-state index is -0.151. The number of amides is 1. The molecule has 0 atom stereocenters. The van der Waals surface area contributed by atoms with Crippen molar-refractivity contribution >= 4 is 23.4 Å². The van der Waals surface area contributed by atoms with E-state index in [1.165, 1.54) is 11.8 Å². The molecule has 0 saturated carbocycles. The lowest BCUT2D eigenvalue weighted by Gasteiger charge is -2.10. The summed E-state index contributed by atoms with van der Waals surface area (Å²) in [5.74, 6) is 1.45. The molecular formula is C15H19N3O3S. The maximum Gasteiger partial charge on any atom is 0.277 e. The van der Waals surface area contributed by atoms with Crippen LogP contribution in [0.4, 0.5) is 5.69 Å². The fourth-order valence-corrected chi connectivity index (χ4v) is 2.25. The molecule has 1 aromatic carbocycles. The van der Waals surface area contributed by atoms with E-state index in [1.54, 1.807) is 6.07 Å². The average Bonchev–Trinajstić information content (AvgIpc) is 2.97. The van der Waals surface area contributed by atoms with Gasteiger partial charge >= 0.3 is 0 Å². The Morgan fingerprint density at radius 1 is 1.36 bits per heavy atom. The number of nitrogens with one attached hydrogen (secondary N) is 1. The second-order valence-electron chi connectivity index (χ2n) is 4.83. The van der Waals surface area contributed by atoms with Gasteiger partial charge in [0.05, 0.1) is 18.0 Å². The molecule has 2 rings (SSSR count). The zero-order chi connectivity index (χ0) is 15.9. The summed E-state index contributed by atoms with van der Waals surface area (Å²) in [6.45, 7) is 6.39. The zero-order valence-corrected chi connectivity index (χ0v) is 13.6. The molecule has 0 aliphatic rings. The van der Waals surface area contributed by atoms with E-state index in [9.17, 15) is 4.79 Å². The standard InChI is InChI=1S/C15H19N3O3S/c1-4-20-12-8-6-5-7-11(12)16-13(19)9-22-15-18-17-14(21-15)10(2)3/h5-8,10H,4,9H2,1-3H3,(H,16,19). The van der Waals surface area contributed by atoms with Gasteiger partial charge in [0.1, 0.15) is 5.75 Å². The van der Waals surface area contributed by atoms with E-state index in [0.29, 0.717) is 29.2 Å². The molecule has 2 aromatic rings. The van der Waals surface area contributed by atoms with Gasteiger partial charge in [0, 0.05) is 5.92 Å². The molecule has 0 bridgehead atoms. The van der Waals surface area contributed by atoms with Gasteiger partial charge in [-0.15, -0.1) is 10.2 Å². The highest BCUT2D eigenvalue weighted by atomic mass is 32.2. The highest BCUT2D eigenvalue weighted by Gasteiger charge is 2.13. The maximum atomic E-state index is 12.0. The predicted octanol–water partition coefficient (Wildman–Crippen LogP) is 3.32. The number of hydrogen-bond acceptors (Lipinski definition) is 6. The van der Waals surface area contributed by atoms with Crippen LogP contribution in [0.1, 0.15) is 32.6 Å². The number of ether oxygens (including phenoxy) is 1. The van der Waals surface area contributed by atoms with E-state index in [1.807, 2.05) is 39.0 Å². The van der Waals surface area contributed by atoms with Crippen molar-refractivity contribution in [2.75, 3.05) is 17.7 Å². The molecule has 6 nitrogen and oxygen atoms in total. The number of hydrogen-bond donors (Lipinski definition) is 1. The van der Waals surface area contributed by atoms with Crippen LogP contribution in [0.3, 0.4) is 0 Å². The molecule has 0 fully saturated rings. The second kappa shape index (κ2) is 7.84. The van der Waals surface area contributed by atoms with Crippen molar-refractivity contribution in [2.24, 2.45) is 0 Å². The van der Waals surface area contributed by atoms with Crippen molar-refractivity contribution < 1.29 is 13.9 Å². The maximum absolute atomic E-state index is 12.0. The lowest BCUT2D eigenvalue weighted by Crippen LogP contribution is -2.14. The minimum Gasteiger partial charge on any atom is -0.492 e. The summed E-state index contributed by atoms with van der Waals surface area (Å²) in [6.07, 6.45) is 0. The molecule has 0 aliphatic heterocycles. The van der Waals surface area contributed by atoms with Gasteiger partial charge in [0.25, 0.3) is 5.22 Å². The summed E-state index contributed by atoms with van der Waals surface area (Å²) in [7, 11) is 0. The largest absolute Gasteiger partial charge is 0.492 e. The van der Waals surface area contributed by atoms with Crippen LogP contribution >= 0.6 is 11.8 Å². The van der Waals surface area contributed by atoms with Crippen molar-refractivity contribution in [3.8, 4) is 5.75 Å². The van der Waals surface area contributed by atoms with Gasteiger partial charge in [-0.3, -0.25) is 4.79 Å². The van der Waals surface area contributed by atoms with Gasteiger partial charge in [-0.25, -0.2) is 0 Å². The molecule has 7 heteroatoms. The fraction of sp³-hybridized carbons (Fsp3) is 0.400. The van der Waals surface area contributed by atoms with Crippen LogP contribution in [0, 0.1) is 0 Å². The summed E-state index contributed by atoms with van der Waals surface area (Å²) in [4.78, 5) is 12.0. The summed E-state index contributed by atoms with van der Waals surface area (Å²) < 4.78 is 10.9. The Labute approximate surface area is 133 Å². The number of nitrogens with zero attached hydrogens (tertiary/aromatic N) is 2. The topological polar surface area (TPSA) is 77.2 Å². The van der Waals surface area contributed by atoms with Gasteiger partial charge in [-0.1, -0.05) is 37.7 Å². The smallest absolute Gasteiger partial charge is 0.277 e. The molecule has 0 aliphatic carbocycles. The highest BCUT2D eigenvalue weighted by Crippen LogP contribution is 2.25. The Bertz CT molecular complexity index is 628. The van der Waals surface area contributed by atoms with E-state index >= 15 is 0 Å². The second-order valence-corrected chi connectivity index (χ2v) is 5.75. The first-order valence-electron chi connectivity index (χ1n) is 7.08. The predicted molar refractivity (Wildman–Crippen MR) is 85.4 cm³/mol. The first-order valence-corrected chi connectivity index (χ1v) is 8.06. The number of carbonyl (C=O) groups is 1. The van der Waals surface area contributed by atoms with Crippen LogP contribution in [0.25, 0.3) is 0 Å². The SMILES string of the molecule is CCOc1ccccc1NC(=O)CSc1nnc(C(C)C)o1. The van der Waals surface area contributed by atoms with Crippen LogP contribution in [0.5, 0.6) is 5.75 Å². The average molecular weight is 321 g/mol. The number of aromatic nitrogens is 2. The van der Waals surface area contributed by atoms with E-state index in [2.05, 4.69) is 15.5 Å². The van der Waals surface area contributed by atoms with Crippen LogP contribution in [0.15, 0.2) is 33.9 Å². The summed E-state index contributed by atoms with van der Waals surface area (Å²) in [5, 5.41) is 11.1. The highest BCUT2D eigenvalue weighted by molar-refractivity contribution is 7.99. The molecule has 118 valence electrons. The zero-order valence-electron chi connectivity index (χ0n) is 12.8. The Morgan fingerprint density at radius 3 is 2.82 bits per heavy atom. The first kappa shape index (κ1) is 16.4. The van der Waals surface area contributed by atoms with E-state index in [-0.39, 0.29) is 17.6 Å². The molecule has 0 unspecified atom stereocenters. The third-order valence-electron chi connectivity index (χ3n) is 2.70. The van der Waals surface area contributed by atoms with Gasteiger partial charge in [-0.05, 0) is 19.1 Å². The van der Waals surface area contributed by atoms with Crippen molar-refractivity contribution in [3.63, 3.8) is 0 Å². The summed E-state index contributed by atoms with van der Waals surface area (Å²) in [5.41, 5.74) is 0.656. The van der Waals surface area contributed by atoms with E-state index in [4.69, 9.17) is 9.15 Å². The lowest BCUT2D eigenvalue weighted by molar-refractivity contribution is -0.113. The van der Waals surface area contributed by atoms with Gasteiger partial charge in [0.2, 0.25) is 11.8 Å². The van der Waals surface area contributed by atoms with Crippen LogP contribution < -0.4 is 10.1 Å². The molecule has 22 heavy (non-hydrogen) atoms. The molecular weight excluding hydrogens is 302 g/mol. The Morgan fingerprint density at radius 2 is 2.14 bits per heavy atom. The minimum absolute atomic E-state index is 0.151. The molecule has 0 radical (unpaired) electrons. The molecule has 1 amide bonds. The molecule has 0 saturated heterocycles. The van der Waals surface area contributed by atoms with Gasteiger partial charge in [-0.2, -0.15) is 0 Å². The Kier molecular flexibility index (Phi) is 5.83. The van der Waals surface area contributed by atoms with Crippen LogP contribution in [-0.4, -0.2) is 28.5 Å². The number of benzene rings is 1. The van der Waals surface area contributed by atoms with Crippen molar-refractivity contribution in [1.29, 1.82) is 0 Å². The molecule has 1 heterocycles. The molecule has 1 N–H and O–H groups in total. The van der Waals surface area contributed by atoms with Crippen LogP contribution in [0.2, 0.25) is 0 Å². The van der Waals surface area contributed by atoms with E-state index in [0.717, 1.165) is 0 Å².